The van der Waals surface area contributed by atoms with Gasteiger partial charge in [-0.1, -0.05) is 30.0 Å². The van der Waals surface area contributed by atoms with Crippen LogP contribution in [-0.4, -0.2) is 83.6 Å². The van der Waals surface area contributed by atoms with Crippen LogP contribution in [-0.2, 0) is 25.6 Å². The van der Waals surface area contributed by atoms with Crippen molar-refractivity contribution in [3.63, 3.8) is 0 Å². The maximum atomic E-state index is 12.7. The number of ether oxygens (including phenoxy) is 1. The molecule has 0 bridgehead atoms. The molecule has 1 aromatic carbocycles. The van der Waals surface area contributed by atoms with Crippen LogP contribution >= 0.6 is 23.5 Å². The Hall–Kier alpha value is -3.52. The van der Waals surface area contributed by atoms with Crippen LogP contribution in [0.3, 0.4) is 0 Å². The molecule has 35 heavy (non-hydrogen) atoms. The van der Waals surface area contributed by atoms with Gasteiger partial charge in [-0.2, -0.15) is 0 Å². The number of carbonyl (C=O) groups is 4. The number of carboxylic acid groups (broad SMARTS) is 2. The lowest BCUT2D eigenvalue weighted by Gasteiger charge is -2.49. The molecule has 4 rings (SSSR count). The third-order valence-corrected chi connectivity index (χ3v) is 7.42. The molecule has 2 atom stereocenters. The monoisotopic (exact) mass is 519 g/mol. The van der Waals surface area contributed by atoms with E-state index in [2.05, 4.69) is 20.5 Å². The summed E-state index contributed by atoms with van der Waals surface area (Å²) in [7, 11) is 0. The van der Waals surface area contributed by atoms with E-state index in [-0.39, 0.29) is 30.9 Å². The number of benzene rings is 1. The van der Waals surface area contributed by atoms with Crippen LogP contribution < -0.4 is 10.1 Å². The van der Waals surface area contributed by atoms with Crippen molar-refractivity contribution in [1.29, 1.82) is 0 Å². The number of hydrogen-bond acceptors (Lipinski definition) is 9. The summed E-state index contributed by atoms with van der Waals surface area (Å²) >= 11 is 2.55. The third kappa shape index (κ3) is 5.77. The molecule has 0 spiro atoms. The Morgan fingerprint density at radius 1 is 1.26 bits per heavy atom. The van der Waals surface area contributed by atoms with Gasteiger partial charge in [-0.25, -0.2) is 9.78 Å². The summed E-state index contributed by atoms with van der Waals surface area (Å²) in [5.41, 5.74) is 0.435. The number of aryl methyl sites for hydroxylation is 1. The predicted octanol–water partition coefficient (Wildman–Crippen LogP) is 0.732. The second kappa shape index (κ2) is 10.8. The largest absolute Gasteiger partial charge is 0.484 e. The fourth-order valence-electron chi connectivity index (χ4n) is 3.51. The predicted molar refractivity (Wildman–Crippen MR) is 125 cm³/mol. The first-order chi connectivity index (χ1) is 16.8. The molecule has 0 saturated carbocycles. The van der Waals surface area contributed by atoms with Crippen molar-refractivity contribution in [2.24, 2.45) is 0 Å². The highest BCUT2D eigenvalue weighted by Gasteiger charge is 2.54. The van der Waals surface area contributed by atoms with Gasteiger partial charge in [0.2, 0.25) is 5.16 Å². The number of thioether (sulfide) groups is 2. The standard InChI is InChI=1S/C21H21N5O7S2/c27-14(8-33-12-4-2-1-3-5-12)23-16-18(30)26-17(20(31)32)11(9-34-19(16)26)10-35-21-22-13(24-25-21)6-7-15(28)29/h1-5,16,19H,6-10H2,(H,23,27)(H,28,29)(H,31,32)(H,22,24,25)/t16?,19-/m0/s1. The summed E-state index contributed by atoms with van der Waals surface area (Å²) in [6, 6.07) is 7.95. The van der Waals surface area contributed by atoms with Gasteiger partial charge in [0.25, 0.3) is 11.8 Å². The zero-order valence-corrected chi connectivity index (χ0v) is 19.8. The lowest BCUT2D eigenvalue weighted by molar-refractivity contribution is -0.150. The van der Waals surface area contributed by atoms with E-state index in [1.165, 1.54) is 28.4 Å². The van der Waals surface area contributed by atoms with E-state index in [1.807, 2.05) is 6.07 Å². The number of hydrogen-bond donors (Lipinski definition) is 4. The summed E-state index contributed by atoms with van der Waals surface area (Å²) in [4.78, 5) is 53.1. The number of para-hydroxylation sites is 1. The summed E-state index contributed by atoms with van der Waals surface area (Å²) in [6.45, 7) is -0.264. The van der Waals surface area contributed by atoms with Gasteiger partial charge in [0, 0.05) is 17.9 Å². The van der Waals surface area contributed by atoms with Gasteiger partial charge in [-0.15, -0.1) is 16.9 Å². The smallest absolute Gasteiger partial charge is 0.352 e. The summed E-state index contributed by atoms with van der Waals surface area (Å²) in [6.07, 6.45) is 0.119. The molecule has 1 fully saturated rings. The van der Waals surface area contributed by atoms with Crippen LogP contribution in [0.25, 0.3) is 0 Å². The van der Waals surface area contributed by atoms with E-state index >= 15 is 0 Å². The van der Waals surface area contributed by atoms with E-state index < -0.39 is 35.2 Å². The fraction of sp³-hybridized carbons (Fsp3) is 0.333. The lowest BCUT2D eigenvalue weighted by Crippen LogP contribution is -2.70. The minimum absolute atomic E-state index is 0.0845. The molecule has 3 heterocycles. The zero-order valence-electron chi connectivity index (χ0n) is 18.2. The summed E-state index contributed by atoms with van der Waals surface area (Å²) in [5.74, 6) is -1.60. The SMILES string of the molecule is O=C(O)CCc1nc(SCC2=C(C(=O)O)N3C(=O)C(NC(=O)COc4ccccc4)[C@@H]3SC2)n[nH]1. The van der Waals surface area contributed by atoms with Crippen molar-refractivity contribution in [1.82, 2.24) is 25.4 Å². The van der Waals surface area contributed by atoms with E-state index in [0.717, 1.165) is 0 Å². The van der Waals surface area contributed by atoms with E-state index in [0.29, 0.717) is 28.1 Å². The van der Waals surface area contributed by atoms with Crippen molar-refractivity contribution >= 4 is 47.3 Å². The van der Waals surface area contributed by atoms with Crippen LogP contribution in [0.5, 0.6) is 5.75 Å². The Bertz CT molecular complexity index is 1170. The first-order valence-electron chi connectivity index (χ1n) is 10.5. The minimum atomic E-state index is -1.23. The van der Waals surface area contributed by atoms with Gasteiger partial charge < -0.3 is 20.3 Å². The number of rotatable bonds is 11. The van der Waals surface area contributed by atoms with Gasteiger partial charge in [0.05, 0.1) is 6.42 Å². The van der Waals surface area contributed by atoms with Gasteiger partial charge in [0.1, 0.15) is 28.7 Å². The van der Waals surface area contributed by atoms with Crippen molar-refractivity contribution in [2.75, 3.05) is 18.1 Å². The first kappa shape index (κ1) is 24.6. The third-order valence-electron chi connectivity index (χ3n) is 5.14. The molecule has 184 valence electrons. The van der Waals surface area contributed by atoms with Crippen LogP contribution in [0, 0.1) is 0 Å². The molecule has 0 radical (unpaired) electrons. The van der Waals surface area contributed by atoms with Crippen molar-refractivity contribution < 1.29 is 34.1 Å². The molecule has 2 amide bonds. The number of carboxylic acids is 2. The average Bonchev–Trinajstić information content (AvgIpc) is 3.31. The van der Waals surface area contributed by atoms with Crippen LogP contribution in [0.15, 0.2) is 46.8 Å². The van der Waals surface area contributed by atoms with E-state index in [9.17, 15) is 24.3 Å². The minimum Gasteiger partial charge on any atom is -0.484 e. The number of aliphatic carboxylic acids is 2. The van der Waals surface area contributed by atoms with Gasteiger partial charge >= 0.3 is 11.9 Å². The molecule has 1 saturated heterocycles. The molecule has 1 unspecified atom stereocenters. The van der Waals surface area contributed by atoms with Crippen LogP contribution in [0.2, 0.25) is 0 Å². The number of nitrogens with one attached hydrogen (secondary N) is 2. The lowest BCUT2D eigenvalue weighted by atomic mass is 10.0. The summed E-state index contributed by atoms with van der Waals surface area (Å²) < 4.78 is 5.39. The molecule has 12 nitrogen and oxygen atoms in total. The Labute approximate surface area is 207 Å². The van der Waals surface area contributed by atoms with Crippen molar-refractivity contribution in [3.05, 3.63) is 47.4 Å². The summed E-state index contributed by atoms with van der Waals surface area (Å²) in [5, 5.41) is 27.7. The van der Waals surface area contributed by atoms with Crippen molar-refractivity contribution in [2.45, 2.75) is 29.4 Å². The average molecular weight is 520 g/mol. The maximum Gasteiger partial charge on any atom is 0.352 e. The number of β-lactam (4-membered cyclic amide) rings is 1. The number of aromatic amines is 1. The number of amides is 2. The molecule has 4 N–H and O–H groups in total. The number of carbonyl (C=O) groups excluding carboxylic acids is 2. The molecule has 2 aliphatic heterocycles. The Kier molecular flexibility index (Phi) is 7.60. The molecule has 14 heteroatoms. The van der Waals surface area contributed by atoms with E-state index in [4.69, 9.17) is 9.84 Å². The Balaban J connectivity index is 1.35. The second-order valence-electron chi connectivity index (χ2n) is 7.56. The second-order valence-corrected chi connectivity index (χ2v) is 9.61. The Morgan fingerprint density at radius 3 is 2.74 bits per heavy atom. The zero-order chi connectivity index (χ0) is 24.9. The molecular formula is C21H21N5O7S2. The molecule has 2 aromatic rings. The quantitative estimate of drug-likeness (QED) is 0.243. The number of aromatic nitrogens is 3. The highest BCUT2D eigenvalue weighted by Crippen LogP contribution is 2.41. The van der Waals surface area contributed by atoms with Gasteiger partial charge in [-0.3, -0.25) is 24.4 Å². The topological polar surface area (TPSA) is 175 Å². The van der Waals surface area contributed by atoms with E-state index in [1.54, 1.807) is 24.3 Å². The van der Waals surface area contributed by atoms with Gasteiger partial charge in [-0.05, 0) is 17.7 Å². The van der Waals surface area contributed by atoms with Crippen LogP contribution in [0.4, 0.5) is 0 Å². The molecular weight excluding hydrogens is 498 g/mol. The normalized spacial score (nSPS) is 19.1. The Morgan fingerprint density at radius 2 is 2.03 bits per heavy atom. The number of nitrogens with zero attached hydrogens (tertiary/aromatic N) is 3. The highest BCUT2D eigenvalue weighted by atomic mass is 32.2. The van der Waals surface area contributed by atoms with Crippen LogP contribution in [0.1, 0.15) is 12.2 Å². The molecule has 1 aromatic heterocycles. The maximum absolute atomic E-state index is 12.7. The van der Waals surface area contributed by atoms with Gasteiger partial charge in [0.15, 0.2) is 6.61 Å². The number of H-pyrrole nitrogens is 1. The molecule has 0 aliphatic carbocycles. The van der Waals surface area contributed by atoms with Crippen molar-refractivity contribution in [3.8, 4) is 5.75 Å². The fourth-order valence-corrected chi connectivity index (χ4v) is 5.81. The molecule has 2 aliphatic rings. The first-order valence-corrected chi connectivity index (χ1v) is 12.5. The highest BCUT2D eigenvalue weighted by molar-refractivity contribution is 8.01. The number of fused-ring (bicyclic) bond motifs is 1.